The molecule has 0 aromatic heterocycles. The molecule has 0 radical (unpaired) electrons. The number of piperidine rings is 1. The van der Waals surface area contributed by atoms with Gasteiger partial charge in [0.1, 0.15) is 6.61 Å². The molecule has 0 unspecified atom stereocenters. The van der Waals surface area contributed by atoms with E-state index in [1.165, 1.54) is 0 Å². The zero-order valence-corrected chi connectivity index (χ0v) is 11.6. The number of ether oxygens (including phenoxy) is 1. The smallest absolute Gasteiger partial charge is 0.329 e. The SMILES string of the molecule is CCN1C(C)(C)CC(OCC(=O)O)CC1(C)C. The Morgan fingerprint density at radius 1 is 1.29 bits per heavy atom. The summed E-state index contributed by atoms with van der Waals surface area (Å²) >= 11 is 0. The van der Waals surface area contributed by atoms with Gasteiger partial charge in [-0.1, -0.05) is 6.92 Å². The molecule has 100 valence electrons. The van der Waals surface area contributed by atoms with Crippen LogP contribution in [0, 0.1) is 0 Å². The molecule has 1 aliphatic rings. The molecule has 4 nitrogen and oxygen atoms in total. The van der Waals surface area contributed by atoms with Crippen LogP contribution in [0.1, 0.15) is 47.5 Å². The van der Waals surface area contributed by atoms with Crippen molar-refractivity contribution in [1.82, 2.24) is 4.90 Å². The van der Waals surface area contributed by atoms with Gasteiger partial charge in [-0.2, -0.15) is 0 Å². The summed E-state index contributed by atoms with van der Waals surface area (Å²) in [5, 5.41) is 8.67. The molecule has 1 aliphatic heterocycles. The van der Waals surface area contributed by atoms with Gasteiger partial charge in [-0.05, 0) is 47.1 Å². The quantitative estimate of drug-likeness (QED) is 0.821. The summed E-state index contributed by atoms with van der Waals surface area (Å²) in [6, 6.07) is 0. The fraction of sp³-hybridized carbons (Fsp3) is 0.923. The second kappa shape index (κ2) is 4.94. The summed E-state index contributed by atoms with van der Waals surface area (Å²) in [6.45, 7) is 11.8. The molecule has 0 spiro atoms. The van der Waals surface area contributed by atoms with Crippen LogP contribution in [0.5, 0.6) is 0 Å². The summed E-state index contributed by atoms with van der Waals surface area (Å²) in [7, 11) is 0. The highest BCUT2D eigenvalue weighted by molar-refractivity contribution is 5.68. The van der Waals surface area contributed by atoms with Gasteiger partial charge in [0.2, 0.25) is 0 Å². The molecule has 0 aliphatic carbocycles. The van der Waals surface area contributed by atoms with Crippen molar-refractivity contribution in [2.45, 2.75) is 64.6 Å². The van der Waals surface area contributed by atoms with E-state index in [0.717, 1.165) is 19.4 Å². The average molecular weight is 243 g/mol. The number of hydrogen-bond donors (Lipinski definition) is 1. The van der Waals surface area contributed by atoms with Gasteiger partial charge in [0, 0.05) is 11.1 Å². The van der Waals surface area contributed by atoms with Gasteiger partial charge in [0.25, 0.3) is 0 Å². The fourth-order valence-electron chi connectivity index (χ4n) is 3.39. The summed E-state index contributed by atoms with van der Waals surface area (Å²) < 4.78 is 5.48. The van der Waals surface area contributed by atoms with Crippen LogP contribution < -0.4 is 0 Å². The van der Waals surface area contributed by atoms with Crippen molar-refractivity contribution in [1.29, 1.82) is 0 Å². The molecule has 1 N–H and O–H groups in total. The Hall–Kier alpha value is -0.610. The highest BCUT2D eigenvalue weighted by atomic mass is 16.5. The van der Waals surface area contributed by atoms with E-state index in [9.17, 15) is 4.79 Å². The van der Waals surface area contributed by atoms with Crippen molar-refractivity contribution in [2.24, 2.45) is 0 Å². The lowest BCUT2D eigenvalue weighted by Crippen LogP contribution is -2.62. The van der Waals surface area contributed by atoms with E-state index in [2.05, 4.69) is 39.5 Å². The van der Waals surface area contributed by atoms with Crippen molar-refractivity contribution in [3.8, 4) is 0 Å². The predicted molar refractivity (Wildman–Crippen MR) is 67.1 cm³/mol. The van der Waals surface area contributed by atoms with Crippen LogP contribution in [0.4, 0.5) is 0 Å². The van der Waals surface area contributed by atoms with E-state index in [-0.39, 0.29) is 23.8 Å². The number of aliphatic carboxylic acids is 1. The van der Waals surface area contributed by atoms with Crippen LogP contribution in [-0.2, 0) is 9.53 Å². The average Bonchev–Trinajstić information content (AvgIpc) is 2.11. The first kappa shape index (κ1) is 14.5. The van der Waals surface area contributed by atoms with E-state index < -0.39 is 5.97 Å². The largest absolute Gasteiger partial charge is 0.480 e. The first-order valence-electron chi connectivity index (χ1n) is 6.30. The number of carbonyl (C=O) groups is 1. The van der Waals surface area contributed by atoms with Gasteiger partial charge in [0.05, 0.1) is 6.10 Å². The molecule has 0 atom stereocenters. The minimum atomic E-state index is -0.890. The third-order valence-electron chi connectivity index (χ3n) is 3.67. The molecule has 17 heavy (non-hydrogen) atoms. The summed E-state index contributed by atoms with van der Waals surface area (Å²) in [4.78, 5) is 13.0. The first-order valence-corrected chi connectivity index (χ1v) is 6.30. The van der Waals surface area contributed by atoms with Crippen LogP contribution in [0.3, 0.4) is 0 Å². The van der Waals surface area contributed by atoms with E-state index in [4.69, 9.17) is 9.84 Å². The van der Waals surface area contributed by atoms with Crippen molar-refractivity contribution >= 4 is 5.97 Å². The van der Waals surface area contributed by atoms with Gasteiger partial charge in [-0.3, -0.25) is 4.90 Å². The van der Waals surface area contributed by atoms with Crippen molar-refractivity contribution < 1.29 is 14.6 Å². The number of nitrogens with zero attached hydrogens (tertiary/aromatic N) is 1. The van der Waals surface area contributed by atoms with Crippen LogP contribution in [-0.4, -0.2) is 46.3 Å². The van der Waals surface area contributed by atoms with Gasteiger partial charge in [0.15, 0.2) is 0 Å². The molecule has 0 bridgehead atoms. The Morgan fingerprint density at radius 2 is 1.76 bits per heavy atom. The maximum Gasteiger partial charge on any atom is 0.329 e. The fourth-order valence-corrected chi connectivity index (χ4v) is 3.39. The zero-order valence-electron chi connectivity index (χ0n) is 11.6. The maximum atomic E-state index is 10.5. The highest BCUT2D eigenvalue weighted by Crippen LogP contribution is 2.39. The lowest BCUT2D eigenvalue weighted by atomic mass is 9.78. The van der Waals surface area contributed by atoms with Gasteiger partial charge in [-0.15, -0.1) is 0 Å². The number of hydrogen-bond acceptors (Lipinski definition) is 3. The molecule has 4 heteroatoms. The summed E-state index contributed by atoms with van der Waals surface area (Å²) in [5.74, 6) is -0.890. The Bertz CT molecular complexity index is 268. The summed E-state index contributed by atoms with van der Waals surface area (Å²) in [6.07, 6.45) is 1.81. The molecule has 1 fully saturated rings. The Labute approximate surface area is 104 Å². The van der Waals surface area contributed by atoms with Crippen molar-refractivity contribution in [2.75, 3.05) is 13.2 Å². The molecule has 1 rings (SSSR count). The number of rotatable bonds is 4. The molecule has 0 amide bonds. The Kier molecular flexibility index (Phi) is 4.20. The van der Waals surface area contributed by atoms with Crippen LogP contribution in [0.2, 0.25) is 0 Å². The van der Waals surface area contributed by atoms with Gasteiger partial charge >= 0.3 is 5.97 Å². The third-order valence-corrected chi connectivity index (χ3v) is 3.67. The molecule has 0 saturated carbocycles. The topological polar surface area (TPSA) is 49.8 Å². The highest BCUT2D eigenvalue weighted by Gasteiger charge is 2.44. The lowest BCUT2D eigenvalue weighted by molar-refractivity contribution is -0.151. The monoisotopic (exact) mass is 243 g/mol. The van der Waals surface area contributed by atoms with E-state index in [0.29, 0.717) is 0 Å². The minimum absolute atomic E-state index is 0.0406. The van der Waals surface area contributed by atoms with E-state index in [1.807, 2.05) is 0 Å². The molecule has 0 aromatic rings. The first-order chi connectivity index (χ1) is 7.69. The molecule has 0 aromatic carbocycles. The summed E-state index contributed by atoms with van der Waals surface area (Å²) in [5.41, 5.74) is 0.110. The van der Waals surface area contributed by atoms with E-state index in [1.54, 1.807) is 0 Å². The molecule has 1 saturated heterocycles. The van der Waals surface area contributed by atoms with Gasteiger partial charge < -0.3 is 9.84 Å². The van der Waals surface area contributed by atoms with E-state index >= 15 is 0 Å². The number of likely N-dealkylation sites (tertiary alicyclic amines) is 1. The molecular weight excluding hydrogens is 218 g/mol. The van der Waals surface area contributed by atoms with Crippen LogP contribution >= 0.6 is 0 Å². The Morgan fingerprint density at radius 3 is 2.12 bits per heavy atom. The van der Waals surface area contributed by atoms with Gasteiger partial charge in [-0.25, -0.2) is 4.79 Å². The van der Waals surface area contributed by atoms with Crippen LogP contribution in [0.25, 0.3) is 0 Å². The van der Waals surface area contributed by atoms with Crippen LogP contribution in [0.15, 0.2) is 0 Å². The molecule has 1 heterocycles. The predicted octanol–water partition coefficient (Wildman–Crippen LogP) is 2.13. The number of carboxylic acid groups (broad SMARTS) is 1. The maximum absolute atomic E-state index is 10.5. The number of carboxylic acids is 1. The second-order valence-corrected chi connectivity index (χ2v) is 6.10. The minimum Gasteiger partial charge on any atom is -0.480 e. The Balaban J connectivity index is 2.73. The molecular formula is C13H25NO3. The lowest BCUT2D eigenvalue weighted by Gasteiger charge is -2.54. The van der Waals surface area contributed by atoms with Crippen molar-refractivity contribution in [3.63, 3.8) is 0 Å². The normalized spacial score (nSPS) is 24.8. The third kappa shape index (κ3) is 3.42. The second-order valence-electron chi connectivity index (χ2n) is 6.10. The zero-order chi connectivity index (χ0) is 13.3. The standard InChI is InChI=1S/C13H25NO3/c1-6-14-12(2,3)7-10(8-13(14,4)5)17-9-11(15)16/h10H,6-9H2,1-5H3,(H,15,16). The van der Waals surface area contributed by atoms with Crippen molar-refractivity contribution in [3.05, 3.63) is 0 Å².